The van der Waals surface area contributed by atoms with Gasteiger partial charge in [0.2, 0.25) is 0 Å². The highest BCUT2D eigenvalue weighted by molar-refractivity contribution is 5.98. The van der Waals surface area contributed by atoms with Gasteiger partial charge in [0, 0.05) is 42.5 Å². The fourth-order valence-corrected chi connectivity index (χ4v) is 3.47. The first-order valence-corrected chi connectivity index (χ1v) is 8.84. The zero-order chi connectivity index (χ0) is 18.8. The maximum absolute atomic E-state index is 12.9. The van der Waals surface area contributed by atoms with Crippen LogP contribution in [-0.4, -0.2) is 48.1 Å². The molecule has 1 aliphatic heterocycles. The van der Waals surface area contributed by atoms with E-state index in [0.29, 0.717) is 30.2 Å². The standard InChI is InChI=1S/C21H21N3O3/c1-26-15-5-6-17(19(12-15)27-2)21(25)24-10-7-14(8-11-24)18-13-23-20-16(18)4-3-9-22-20/h3-7,9,12-13H,8,10-11H2,1-2H3,(H,22,23). The fraction of sp³-hybridized carbons (Fsp3) is 0.238. The number of H-pyrrole nitrogens is 1. The van der Waals surface area contributed by atoms with Gasteiger partial charge in [-0.2, -0.15) is 0 Å². The summed E-state index contributed by atoms with van der Waals surface area (Å²) in [6, 6.07) is 9.27. The molecule has 1 aromatic carbocycles. The predicted molar refractivity (Wildman–Crippen MR) is 104 cm³/mol. The molecule has 0 saturated heterocycles. The molecule has 0 bridgehead atoms. The average Bonchev–Trinajstić information content (AvgIpc) is 3.17. The van der Waals surface area contributed by atoms with E-state index < -0.39 is 0 Å². The number of nitrogens with one attached hydrogen (secondary N) is 1. The largest absolute Gasteiger partial charge is 0.497 e. The Morgan fingerprint density at radius 1 is 1.22 bits per heavy atom. The molecule has 3 heterocycles. The number of amides is 1. The number of hydrogen-bond acceptors (Lipinski definition) is 4. The molecule has 1 aliphatic rings. The van der Waals surface area contributed by atoms with Crippen LogP contribution in [0.5, 0.6) is 11.5 Å². The van der Waals surface area contributed by atoms with Gasteiger partial charge in [-0.25, -0.2) is 4.98 Å². The van der Waals surface area contributed by atoms with Gasteiger partial charge in [0.05, 0.1) is 19.8 Å². The van der Waals surface area contributed by atoms with Crippen molar-refractivity contribution in [2.24, 2.45) is 0 Å². The molecule has 1 N–H and O–H groups in total. The van der Waals surface area contributed by atoms with E-state index in [1.807, 2.05) is 17.2 Å². The molecule has 2 aromatic heterocycles. The molecular weight excluding hydrogens is 342 g/mol. The van der Waals surface area contributed by atoms with E-state index in [-0.39, 0.29) is 5.91 Å². The van der Waals surface area contributed by atoms with E-state index in [2.05, 4.69) is 22.1 Å². The molecule has 0 atom stereocenters. The number of carbonyl (C=O) groups excluding carboxylic acids is 1. The van der Waals surface area contributed by atoms with Crippen molar-refractivity contribution in [1.82, 2.24) is 14.9 Å². The second-order valence-electron chi connectivity index (χ2n) is 6.40. The minimum atomic E-state index is -0.0367. The highest BCUT2D eigenvalue weighted by Gasteiger charge is 2.23. The summed E-state index contributed by atoms with van der Waals surface area (Å²) in [4.78, 5) is 22.3. The number of pyridine rings is 1. The summed E-state index contributed by atoms with van der Waals surface area (Å²) in [7, 11) is 3.15. The Bertz CT molecular complexity index is 1020. The van der Waals surface area contributed by atoms with Crippen molar-refractivity contribution in [1.29, 1.82) is 0 Å². The number of ether oxygens (including phenoxy) is 2. The normalized spacial score (nSPS) is 14.1. The predicted octanol–water partition coefficient (Wildman–Crippen LogP) is 3.51. The van der Waals surface area contributed by atoms with Gasteiger partial charge in [0.15, 0.2) is 0 Å². The summed E-state index contributed by atoms with van der Waals surface area (Å²) in [5, 5.41) is 1.11. The van der Waals surface area contributed by atoms with Crippen molar-refractivity contribution in [3.8, 4) is 11.5 Å². The third-order valence-electron chi connectivity index (χ3n) is 4.93. The van der Waals surface area contributed by atoms with Gasteiger partial charge >= 0.3 is 0 Å². The second kappa shape index (κ2) is 7.15. The molecule has 3 aromatic rings. The molecule has 4 rings (SSSR count). The molecule has 0 fully saturated rings. The van der Waals surface area contributed by atoms with Gasteiger partial charge in [-0.1, -0.05) is 6.08 Å². The zero-order valence-corrected chi connectivity index (χ0v) is 15.4. The number of hydrogen-bond donors (Lipinski definition) is 1. The molecule has 6 heteroatoms. The van der Waals surface area contributed by atoms with Crippen LogP contribution < -0.4 is 9.47 Å². The molecule has 1 amide bonds. The fourth-order valence-electron chi connectivity index (χ4n) is 3.47. The molecule has 6 nitrogen and oxygen atoms in total. The minimum absolute atomic E-state index is 0.0367. The second-order valence-corrected chi connectivity index (χ2v) is 6.40. The molecule has 0 radical (unpaired) electrons. The van der Waals surface area contributed by atoms with Gasteiger partial charge in [0.1, 0.15) is 17.1 Å². The van der Waals surface area contributed by atoms with Gasteiger partial charge in [-0.05, 0) is 36.3 Å². The van der Waals surface area contributed by atoms with Crippen LogP contribution in [0.3, 0.4) is 0 Å². The van der Waals surface area contributed by atoms with Gasteiger partial charge in [-0.15, -0.1) is 0 Å². The van der Waals surface area contributed by atoms with Crippen molar-refractivity contribution in [2.75, 3.05) is 27.3 Å². The third kappa shape index (κ3) is 3.14. The number of carbonyl (C=O) groups is 1. The van der Waals surface area contributed by atoms with Crippen LogP contribution in [0.1, 0.15) is 22.3 Å². The van der Waals surface area contributed by atoms with Crippen LogP contribution in [-0.2, 0) is 0 Å². The molecule has 138 valence electrons. The van der Waals surface area contributed by atoms with Crippen LogP contribution in [0, 0.1) is 0 Å². The van der Waals surface area contributed by atoms with Crippen molar-refractivity contribution < 1.29 is 14.3 Å². The summed E-state index contributed by atoms with van der Waals surface area (Å²) >= 11 is 0. The highest BCUT2D eigenvalue weighted by atomic mass is 16.5. The van der Waals surface area contributed by atoms with Crippen molar-refractivity contribution in [3.63, 3.8) is 0 Å². The summed E-state index contributed by atoms with van der Waals surface area (Å²) < 4.78 is 10.6. The Morgan fingerprint density at radius 2 is 2.11 bits per heavy atom. The Kier molecular flexibility index (Phi) is 4.54. The molecule has 0 unspecified atom stereocenters. The minimum Gasteiger partial charge on any atom is -0.497 e. The van der Waals surface area contributed by atoms with E-state index in [0.717, 1.165) is 23.0 Å². The van der Waals surface area contributed by atoms with E-state index in [4.69, 9.17) is 9.47 Å². The number of benzene rings is 1. The Hall–Kier alpha value is -3.28. The lowest BCUT2D eigenvalue weighted by molar-refractivity contribution is 0.0769. The first-order chi connectivity index (χ1) is 13.2. The van der Waals surface area contributed by atoms with E-state index in [1.54, 1.807) is 38.6 Å². The summed E-state index contributed by atoms with van der Waals surface area (Å²) in [6.45, 7) is 1.23. The summed E-state index contributed by atoms with van der Waals surface area (Å²) in [5.41, 5.74) is 3.83. The van der Waals surface area contributed by atoms with Crippen molar-refractivity contribution >= 4 is 22.5 Å². The van der Waals surface area contributed by atoms with Crippen LogP contribution >= 0.6 is 0 Å². The maximum Gasteiger partial charge on any atom is 0.257 e. The average molecular weight is 363 g/mol. The van der Waals surface area contributed by atoms with Gasteiger partial charge in [-0.3, -0.25) is 4.79 Å². The Labute approximate surface area is 157 Å². The Balaban J connectivity index is 1.56. The lowest BCUT2D eigenvalue weighted by Gasteiger charge is -2.27. The number of fused-ring (bicyclic) bond motifs is 1. The van der Waals surface area contributed by atoms with Crippen LogP contribution in [0.4, 0.5) is 0 Å². The van der Waals surface area contributed by atoms with Crippen LogP contribution in [0.15, 0.2) is 48.8 Å². The van der Waals surface area contributed by atoms with E-state index in [9.17, 15) is 4.79 Å². The summed E-state index contributed by atoms with van der Waals surface area (Å²) in [6.07, 6.45) is 6.69. The van der Waals surface area contributed by atoms with Gasteiger partial charge in [0.25, 0.3) is 5.91 Å². The lowest BCUT2D eigenvalue weighted by atomic mass is 9.99. The SMILES string of the molecule is COc1ccc(C(=O)N2CC=C(c3c[nH]c4ncccc34)CC2)c(OC)c1. The van der Waals surface area contributed by atoms with E-state index in [1.165, 1.54) is 5.57 Å². The number of nitrogens with zero attached hydrogens (tertiary/aromatic N) is 2. The van der Waals surface area contributed by atoms with Crippen molar-refractivity contribution in [2.45, 2.75) is 6.42 Å². The monoisotopic (exact) mass is 363 g/mol. The maximum atomic E-state index is 12.9. The molecule has 27 heavy (non-hydrogen) atoms. The smallest absolute Gasteiger partial charge is 0.257 e. The first-order valence-electron chi connectivity index (χ1n) is 8.84. The number of rotatable bonds is 4. The lowest BCUT2D eigenvalue weighted by Crippen LogP contribution is -2.34. The Morgan fingerprint density at radius 3 is 2.85 bits per heavy atom. The zero-order valence-electron chi connectivity index (χ0n) is 15.4. The number of aromatic amines is 1. The third-order valence-corrected chi connectivity index (χ3v) is 4.93. The van der Waals surface area contributed by atoms with Crippen LogP contribution in [0.25, 0.3) is 16.6 Å². The quantitative estimate of drug-likeness (QED) is 0.770. The number of aromatic nitrogens is 2. The first kappa shape index (κ1) is 17.1. The number of methoxy groups -OCH3 is 2. The molecule has 0 saturated carbocycles. The molecular formula is C21H21N3O3. The summed E-state index contributed by atoms with van der Waals surface area (Å²) in [5.74, 6) is 1.15. The molecule has 0 aliphatic carbocycles. The van der Waals surface area contributed by atoms with Crippen LogP contribution in [0.2, 0.25) is 0 Å². The topological polar surface area (TPSA) is 67.5 Å². The van der Waals surface area contributed by atoms with Gasteiger partial charge < -0.3 is 19.4 Å². The highest BCUT2D eigenvalue weighted by Crippen LogP contribution is 2.30. The van der Waals surface area contributed by atoms with E-state index >= 15 is 0 Å². The van der Waals surface area contributed by atoms with Crippen molar-refractivity contribution in [3.05, 3.63) is 59.9 Å². The molecule has 0 spiro atoms.